The zero-order valence-electron chi connectivity index (χ0n) is 11.5. The topological polar surface area (TPSA) is 46.6 Å². The Morgan fingerprint density at radius 3 is 2.14 bits per heavy atom. The van der Waals surface area contributed by atoms with E-state index in [2.05, 4.69) is 15.9 Å². The minimum Gasteiger partial charge on any atom is -0.266 e. The lowest BCUT2D eigenvalue weighted by Crippen LogP contribution is -2.29. The number of carbonyl (C=O) groups excluding carboxylic acids is 2. The van der Waals surface area contributed by atoms with Crippen molar-refractivity contribution in [3.05, 3.63) is 75.8 Å². The van der Waals surface area contributed by atoms with Crippen LogP contribution in [0.15, 0.2) is 59.1 Å². The molecule has 110 valence electrons. The van der Waals surface area contributed by atoms with Gasteiger partial charge in [-0.2, -0.15) is 0 Å². The number of carbonyl (C=O) groups is 2. The smallest absolute Gasteiger partial charge is 0.266 e. The number of nitrogens with zero attached hydrogens (tertiary/aromatic N) is 1. The van der Waals surface area contributed by atoms with Gasteiger partial charge >= 0.3 is 0 Å². The van der Waals surface area contributed by atoms with Gasteiger partial charge in [-0.1, -0.05) is 52.3 Å². The molecular formula is C17H12BrNO3. The lowest BCUT2D eigenvalue weighted by molar-refractivity contribution is -0.0800. The summed E-state index contributed by atoms with van der Waals surface area (Å²) in [5.41, 5.74) is 1.77. The molecule has 0 N–H and O–H groups in total. The van der Waals surface area contributed by atoms with Crippen molar-refractivity contribution < 1.29 is 14.4 Å². The van der Waals surface area contributed by atoms with Gasteiger partial charge in [0, 0.05) is 4.47 Å². The van der Waals surface area contributed by atoms with Gasteiger partial charge in [-0.25, -0.2) is 0 Å². The van der Waals surface area contributed by atoms with E-state index in [0.29, 0.717) is 11.1 Å². The first kappa shape index (κ1) is 14.7. The maximum Gasteiger partial charge on any atom is 0.285 e. The van der Waals surface area contributed by atoms with Gasteiger partial charge in [0.2, 0.25) is 0 Å². The number of hydrogen-bond donors (Lipinski definition) is 0. The van der Waals surface area contributed by atoms with E-state index >= 15 is 0 Å². The van der Waals surface area contributed by atoms with Gasteiger partial charge in [-0.05, 0) is 29.8 Å². The third kappa shape index (κ3) is 2.86. The van der Waals surface area contributed by atoms with Crippen LogP contribution in [0.5, 0.6) is 0 Å². The molecule has 2 aromatic carbocycles. The summed E-state index contributed by atoms with van der Waals surface area (Å²) in [4.78, 5) is 29.4. The van der Waals surface area contributed by atoms with Crippen molar-refractivity contribution in [1.82, 2.24) is 5.06 Å². The van der Waals surface area contributed by atoms with Gasteiger partial charge in [0.05, 0.1) is 17.7 Å². The number of imide groups is 1. The maximum absolute atomic E-state index is 12.1. The summed E-state index contributed by atoms with van der Waals surface area (Å²) in [5, 5.41) is 0.816. The molecule has 0 spiro atoms. The Kier molecular flexibility index (Phi) is 4.18. The average Bonchev–Trinajstić information content (AvgIpc) is 2.78. The summed E-state index contributed by atoms with van der Waals surface area (Å²) in [7, 11) is 0. The van der Waals surface area contributed by atoms with Gasteiger partial charge in [0.1, 0.15) is 0 Å². The Hall–Kier alpha value is -2.24. The van der Waals surface area contributed by atoms with Crippen molar-refractivity contribution in [3.63, 3.8) is 0 Å². The van der Waals surface area contributed by atoms with Gasteiger partial charge in [-0.3, -0.25) is 14.4 Å². The zero-order chi connectivity index (χ0) is 15.5. The summed E-state index contributed by atoms with van der Waals surface area (Å²) in [6.45, 7) is 0.140. The van der Waals surface area contributed by atoms with Crippen LogP contribution in [0.2, 0.25) is 0 Å². The number of benzene rings is 2. The first-order valence-corrected chi connectivity index (χ1v) is 7.49. The van der Waals surface area contributed by atoms with E-state index in [-0.39, 0.29) is 6.61 Å². The Balaban J connectivity index is 1.62. The fourth-order valence-electron chi connectivity index (χ4n) is 2.16. The molecule has 0 saturated heterocycles. The van der Waals surface area contributed by atoms with Crippen LogP contribution in [-0.4, -0.2) is 23.5 Å². The fourth-order valence-corrected chi connectivity index (χ4v) is 2.42. The van der Waals surface area contributed by atoms with E-state index in [0.717, 1.165) is 15.1 Å². The molecule has 0 bridgehead atoms. The van der Waals surface area contributed by atoms with Crippen molar-refractivity contribution in [1.29, 1.82) is 0 Å². The summed E-state index contributed by atoms with van der Waals surface area (Å²) in [6, 6.07) is 14.5. The van der Waals surface area contributed by atoms with Crippen molar-refractivity contribution in [3.8, 4) is 0 Å². The van der Waals surface area contributed by atoms with Gasteiger partial charge < -0.3 is 0 Å². The van der Waals surface area contributed by atoms with Crippen molar-refractivity contribution in [2.75, 3.05) is 6.61 Å². The first-order valence-electron chi connectivity index (χ1n) is 6.69. The predicted molar refractivity (Wildman–Crippen MR) is 86.1 cm³/mol. The van der Waals surface area contributed by atoms with Crippen LogP contribution in [0.25, 0.3) is 6.08 Å². The Labute approximate surface area is 136 Å². The number of halogens is 1. The zero-order valence-corrected chi connectivity index (χ0v) is 13.1. The van der Waals surface area contributed by atoms with E-state index in [1.165, 1.54) is 0 Å². The van der Waals surface area contributed by atoms with Crippen molar-refractivity contribution >= 4 is 33.8 Å². The molecular weight excluding hydrogens is 346 g/mol. The number of fused-ring (bicyclic) bond motifs is 1. The molecule has 1 aliphatic heterocycles. The van der Waals surface area contributed by atoms with Crippen LogP contribution < -0.4 is 0 Å². The summed E-state index contributed by atoms with van der Waals surface area (Å²) in [6.07, 6.45) is 3.62. The highest BCUT2D eigenvalue weighted by atomic mass is 79.9. The largest absolute Gasteiger partial charge is 0.285 e. The first-order chi connectivity index (χ1) is 10.7. The van der Waals surface area contributed by atoms with Crippen LogP contribution in [-0.2, 0) is 4.84 Å². The number of hydroxylamine groups is 2. The second-order valence-corrected chi connectivity index (χ2v) is 5.62. The highest BCUT2D eigenvalue weighted by Gasteiger charge is 2.36. The molecule has 0 atom stereocenters. The molecule has 5 heteroatoms. The molecule has 2 amide bonds. The summed E-state index contributed by atoms with van der Waals surface area (Å²) >= 11 is 3.37. The molecule has 22 heavy (non-hydrogen) atoms. The quantitative estimate of drug-likeness (QED) is 0.784. The second-order valence-electron chi connectivity index (χ2n) is 4.70. The Morgan fingerprint density at radius 2 is 1.55 bits per heavy atom. The second kappa shape index (κ2) is 6.25. The minimum absolute atomic E-state index is 0.140. The average molecular weight is 358 g/mol. The van der Waals surface area contributed by atoms with Gasteiger partial charge in [-0.15, -0.1) is 5.06 Å². The Morgan fingerprint density at radius 1 is 0.955 bits per heavy atom. The normalized spacial score (nSPS) is 14.0. The minimum atomic E-state index is -0.419. The predicted octanol–water partition coefficient (Wildman–Crippen LogP) is 3.69. The van der Waals surface area contributed by atoms with E-state index in [1.807, 2.05) is 30.3 Å². The van der Waals surface area contributed by atoms with E-state index in [1.54, 1.807) is 30.3 Å². The molecule has 0 fully saturated rings. The molecule has 0 aromatic heterocycles. The van der Waals surface area contributed by atoms with Crippen LogP contribution in [0.3, 0.4) is 0 Å². The third-order valence-electron chi connectivity index (χ3n) is 3.24. The molecule has 1 heterocycles. The number of hydrogen-bond acceptors (Lipinski definition) is 3. The third-order valence-corrected chi connectivity index (χ3v) is 3.77. The number of rotatable bonds is 4. The fraction of sp³-hybridized carbons (Fsp3) is 0.0588. The monoisotopic (exact) mass is 357 g/mol. The summed E-state index contributed by atoms with van der Waals surface area (Å²) < 4.78 is 1.01. The van der Waals surface area contributed by atoms with Crippen LogP contribution >= 0.6 is 15.9 Å². The Bertz CT molecular complexity index is 718. The van der Waals surface area contributed by atoms with Crippen LogP contribution in [0.1, 0.15) is 26.3 Å². The molecule has 0 aliphatic carbocycles. The van der Waals surface area contributed by atoms with E-state index < -0.39 is 11.8 Å². The standard InChI is InChI=1S/C17H12BrNO3/c18-13-9-7-12(8-10-13)4-3-11-22-19-16(20)14-5-1-2-6-15(14)17(19)21/h1-10H,11H2/b4-3+. The number of amides is 2. The van der Waals surface area contributed by atoms with Crippen LogP contribution in [0.4, 0.5) is 0 Å². The highest BCUT2D eigenvalue weighted by Crippen LogP contribution is 2.22. The molecule has 2 aromatic rings. The maximum atomic E-state index is 12.1. The summed E-state index contributed by atoms with van der Waals surface area (Å²) in [5.74, 6) is -0.838. The molecule has 4 nitrogen and oxygen atoms in total. The highest BCUT2D eigenvalue weighted by molar-refractivity contribution is 9.10. The van der Waals surface area contributed by atoms with Crippen molar-refractivity contribution in [2.45, 2.75) is 0 Å². The van der Waals surface area contributed by atoms with E-state index in [4.69, 9.17) is 4.84 Å². The van der Waals surface area contributed by atoms with Gasteiger partial charge in [0.15, 0.2) is 0 Å². The molecule has 0 unspecified atom stereocenters. The van der Waals surface area contributed by atoms with E-state index in [9.17, 15) is 9.59 Å². The van der Waals surface area contributed by atoms with Gasteiger partial charge in [0.25, 0.3) is 11.8 Å². The molecule has 0 saturated carbocycles. The lowest BCUT2D eigenvalue weighted by atomic mass is 10.1. The SMILES string of the molecule is O=C1c2ccccc2C(=O)N1OC/C=C/c1ccc(Br)cc1. The molecule has 3 rings (SSSR count). The molecule has 1 aliphatic rings. The van der Waals surface area contributed by atoms with Crippen molar-refractivity contribution in [2.24, 2.45) is 0 Å². The van der Waals surface area contributed by atoms with Crippen LogP contribution in [0, 0.1) is 0 Å². The molecule has 0 radical (unpaired) electrons. The lowest BCUT2D eigenvalue weighted by Gasteiger charge is -2.11.